The number of aryl methyl sites for hydroxylation is 1. The summed E-state index contributed by atoms with van der Waals surface area (Å²) in [6.07, 6.45) is 7.69. The Balaban J connectivity index is 1.42. The average Bonchev–Trinajstić information content (AvgIpc) is 3.21. The number of rotatable bonds is 5. The third-order valence-corrected chi connectivity index (χ3v) is 8.21. The van der Waals surface area contributed by atoms with Crippen LogP contribution < -0.4 is 0 Å². The van der Waals surface area contributed by atoms with E-state index in [4.69, 9.17) is 0 Å². The highest BCUT2D eigenvalue weighted by atomic mass is 19.1. The minimum atomic E-state index is -0.738. The highest BCUT2D eigenvalue weighted by Crippen LogP contribution is 2.37. The fraction of sp³-hybridized carbons (Fsp3) is 0.517. The Bertz CT molecular complexity index is 1310. The third-order valence-electron chi connectivity index (χ3n) is 8.21. The number of amides is 1. The predicted octanol–water partition coefficient (Wildman–Crippen LogP) is 5.86. The van der Waals surface area contributed by atoms with E-state index in [0.717, 1.165) is 56.3 Å². The second-order valence-corrected chi connectivity index (χ2v) is 10.6. The van der Waals surface area contributed by atoms with E-state index >= 15 is 4.39 Å². The Morgan fingerprint density at radius 1 is 1.05 bits per heavy atom. The maximum atomic E-state index is 15.3. The third kappa shape index (κ3) is 5.11. The summed E-state index contributed by atoms with van der Waals surface area (Å²) in [5.74, 6) is -1.27. The lowest BCUT2D eigenvalue weighted by molar-refractivity contribution is -0.142. The first-order valence-corrected chi connectivity index (χ1v) is 13.6. The lowest BCUT2D eigenvalue weighted by Crippen LogP contribution is -2.38. The van der Waals surface area contributed by atoms with Crippen molar-refractivity contribution in [2.45, 2.75) is 83.6 Å². The first kappa shape index (κ1) is 25.4. The molecule has 0 spiro atoms. The number of fused-ring (bicyclic) bond motifs is 1. The van der Waals surface area contributed by atoms with E-state index in [9.17, 15) is 14.7 Å². The van der Waals surface area contributed by atoms with E-state index in [0.29, 0.717) is 41.9 Å². The molecule has 1 aliphatic heterocycles. The van der Waals surface area contributed by atoms with Crippen molar-refractivity contribution in [2.24, 2.45) is 5.92 Å². The maximum absolute atomic E-state index is 15.3. The molecule has 37 heavy (non-hydrogen) atoms. The van der Waals surface area contributed by atoms with Gasteiger partial charge in [0.05, 0.1) is 11.6 Å². The molecule has 1 N–H and O–H groups in total. The quantitative estimate of drug-likeness (QED) is 0.468. The van der Waals surface area contributed by atoms with E-state index < -0.39 is 5.97 Å². The number of hydrogen-bond acceptors (Lipinski definition) is 4. The van der Waals surface area contributed by atoms with Crippen LogP contribution in [0, 0.1) is 11.7 Å². The van der Waals surface area contributed by atoms with Crippen LogP contribution in [0.15, 0.2) is 30.3 Å². The zero-order chi connectivity index (χ0) is 26.1. The number of aliphatic carboxylic acids is 1. The van der Waals surface area contributed by atoms with E-state index in [2.05, 4.69) is 17.0 Å². The molecule has 1 amide bonds. The molecule has 196 valence electrons. The molecule has 0 bridgehead atoms. The van der Waals surface area contributed by atoms with Gasteiger partial charge in [0.1, 0.15) is 11.5 Å². The highest BCUT2D eigenvalue weighted by molar-refractivity contribution is 5.93. The van der Waals surface area contributed by atoms with Crippen LogP contribution in [0.5, 0.6) is 0 Å². The molecule has 8 heteroatoms. The van der Waals surface area contributed by atoms with Crippen LogP contribution in [-0.2, 0) is 11.2 Å². The van der Waals surface area contributed by atoms with Crippen LogP contribution >= 0.6 is 0 Å². The van der Waals surface area contributed by atoms with Crippen molar-refractivity contribution in [1.82, 2.24) is 19.5 Å². The number of likely N-dealkylation sites (tertiary alicyclic amines) is 1. The Labute approximate surface area is 216 Å². The van der Waals surface area contributed by atoms with Crippen LogP contribution in [0.1, 0.15) is 92.9 Å². The highest BCUT2D eigenvalue weighted by Gasteiger charge is 2.28. The van der Waals surface area contributed by atoms with Gasteiger partial charge in [-0.15, -0.1) is 0 Å². The Kier molecular flexibility index (Phi) is 7.26. The van der Waals surface area contributed by atoms with E-state index in [1.807, 2.05) is 24.0 Å². The van der Waals surface area contributed by atoms with E-state index in [-0.39, 0.29) is 29.6 Å². The van der Waals surface area contributed by atoms with Crippen LogP contribution in [0.25, 0.3) is 16.9 Å². The molecule has 2 aromatic heterocycles. The van der Waals surface area contributed by atoms with Gasteiger partial charge >= 0.3 is 5.97 Å². The number of nitrogens with zero attached hydrogens (tertiary/aromatic N) is 4. The number of carbonyl (C=O) groups excluding carboxylic acids is 1. The molecule has 3 heterocycles. The molecule has 1 atom stereocenters. The summed E-state index contributed by atoms with van der Waals surface area (Å²) < 4.78 is 17.0. The number of hydrogen-bond donors (Lipinski definition) is 1. The number of carboxylic acids is 1. The van der Waals surface area contributed by atoms with Gasteiger partial charge in [-0.1, -0.05) is 25.8 Å². The summed E-state index contributed by atoms with van der Waals surface area (Å²) in [6.45, 7) is 4.85. The predicted molar refractivity (Wildman–Crippen MR) is 139 cm³/mol. The molecule has 7 nitrogen and oxygen atoms in total. The monoisotopic (exact) mass is 506 g/mol. The van der Waals surface area contributed by atoms with Gasteiger partial charge in [-0.05, 0) is 81.5 Å². The number of aromatic nitrogens is 3. The summed E-state index contributed by atoms with van der Waals surface area (Å²) in [5.41, 5.74) is 3.58. The molecule has 1 aliphatic carbocycles. The van der Waals surface area contributed by atoms with E-state index in [1.165, 1.54) is 0 Å². The maximum Gasteiger partial charge on any atom is 0.306 e. The Morgan fingerprint density at radius 2 is 1.84 bits per heavy atom. The first-order valence-electron chi connectivity index (χ1n) is 13.6. The Hall–Kier alpha value is -3.29. The van der Waals surface area contributed by atoms with Crippen molar-refractivity contribution in [3.8, 4) is 11.3 Å². The zero-order valence-corrected chi connectivity index (χ0v) is 21.6. The van der Waals surface area contributed by atoms with Gasteiger partial charge in [0, 0.05) is 29.9 Å². The largest absolute Gasteiger partial charge is 0.481 e. The molecule has 3 aromatic rings. The number of carbonyl (C=O) groups is 2. The molecule has 1 saturated carbocycles. The van der Waals surface area contributed by atoms with Gasteiger partial charge in [-0.25, -0.2) is 13.9 Å². The Morgan fingerprint density at radius 3 is 2.54 bits per heavy atom. The average molecular weight is 507 g/mol. The van der Waals surface area contributed by atoms with Crippen molar-refractivity contribution in [1.29, 1.82) is 0 Å². The molecular formula is C29H35FN4O3. The summed E-state index contributed by atoms with van der Waals surface area (Å²) in [7, 11) is 0. The van der Waals surface area contributed by atoms with Crippen LogP contribution in [-0.4, -0.2) is 49.1 Å². The zero-order valence-electron chi connectivity index (χ0n) is 21.6. The standard InChI is InChI=1S/C29H35FN4O3/c1-3-22-16-26(28(35)33-14-6-4-5-7-18(33)2)31-27-17-25(32-34(22)27)23-13-12-21(15-24(23)30)19-8-10-20(11-9-19)29(36)37/h12-13,15-20H,3-11,14H2,1-2H3,(H,36,37)/t18-,19-,20-/m1/s1. The van der Waals surface area contributed by atoms with Crippen LogP contribution in [0.4, 0.5) is 4.39 Å². The molecular weight excluding hydrogens is 471 g/mol. The molecule has 0 radical (unpaired) electrons. The lowest BCUT2D eigenvalue weighted by Gasteiger charge is -2.27. The lowest BCUT2D eigenvalue weighted by atomic mass is 9.78. The summed E-state index contributed by atoms with van der Waals surface area (Å²) in [6, 6.07) is 9.00. The summed E-state index contributed by atoms with van der Waals surface area (Å²) >= 11 is 0. The smallest absolute Gasteiger partial charge is 0.306 e. The second kappa shape index (κ2) is 10.6. The van der Waals surface area contributed by atoms with Crippen molar-refractivity contribution in [3.05, 3.63) is 53.1 Å². The second-order valence-electron chi connectivity index (χ2n) is 10.6. The summed E-state index contributed by atoms with van der Waals surface area (Å²) in [4.78, 5) is 31.2. The molecule has 0 unspecified atom stereocenters. The molecule has 1 aromatic carbocycles. The van der Waals surface area contributed by atoms with Gasteiger partial charge in [0.15, 0.2) is 5.65 Å². The van der Waals surface area contributed by atoms with Crippen molar-refractivity contribution >= 4 is 17.5 Å². The van der Waals surface area contributed by atoms with Crippen LogP contribution in [0.2, 0.25) is 0 Å². The molecule has 2 aliphatic rings. The molecule has 5 rings (SSSR count). The molecule has 1 saturated heterocycles. The number of halogens is 1. The van der Waals surface area contributed by atoms with E-state index in [1.54, 1.807) is 22.7 Å². The van der Waals surface area contributed by atoms with Crippen LogP contribution in [0.3, 0.4) is 0 Å². The number of benzene rings is 1. The SMILES string of the molecule is CCc1cc(C(=O)N2CCCCC[C@H]2C)nc2cc(-c3ccc([C@H]4CC[C@H](C(=O)O)CC4)cc3F)nn12. The van der Waals surface area contributed by atoms with Gasteiger partial charge in [0.25, 0.3) is 5.91 Å². The summed E-state index contributed by atoms with van der Waals surface area (Å²) in [5, 5.41) is 13.9. The minimum Gasteiger partial charge on any atom is -0.481 e. The van der Waals surface area contributed by atoms with Gasteiger partial charge in [0.2, 0.25) is 0 Å². The van der Waals surface area contributed by atoms with Crippen molar-refractivity contribution < 1.29 is 19.1 Å². The van der Waals surface area contributed by atoms with Crippen molar-refractivity contribution in [3.63, 3.8) is 0 Å². The fourth-order valence-corrected chi connectivity index (χ4v) is 5.92. The van der Waals surface area contributed by atoms with Crippen molar-refractivity contribution in [2.75, 3.05) is 6.54 Å². The topological polar surface area (TPSA) is 87.8 Å². The number of carboxylic acid groups (broad SMARTS) is 1. The van der Waals surface area contributed by atoms with Gasteiger partial charge in [-0.2, -0.15) is 5.10 Å². The van der Waals surface area contributed by atoms with Gasteiger partial charge < -0.3 is 10.0 Å². The first-order chi connectivity index (χ1) is 17.9. The normalized spacial score (nSPS) is 22.7. The molecule has 2 fully saturated rings. The fourth-order valence-electron chi connectivity index (χ4n) is 5.92. The van der Waals surface area contributed by atoms with Gasteiger partial charge in [-0.3, -0.25) is 9.59 Å². The minimum absolute atomic E-state index is 0.0532.